The molecule has 0 spiro atoms. The van der Waals surface area contributed by atoms with Crippen LogP contribution in [0.4, 0.5) is 4.39 Å². The lowest BCUT2D eigenvalue weighted by Gasteiger charge is -2.03. The number of nitrogens with zero attached hydrogens (tertiary/aromatic N) is 3. The van der Waals surface area contributed by atoms with Gasteiger partial charge in [-0.1, -0.05) is 0 Å². The first-order chi connectivity index (χ1) is 7.18. The van der Waals surface area contributed by atoms with Crippen molar-refractivity contribution in [1.82, 2.24) is 14.5 Å². The zero-order chi connectivity index (χ0) is 10.8. The summed E-state index contributed by atoms with van der Waals surface area (Å²) in [7, 11) is 0. The Bertz CT molecular complexity index is 496. The van der Waals surface area contributed by atoms with Crippen LogP contribution in [0.3, 0.4) is 0 Å². The van der Waals surface area contributed by atoms with Crippen molar-refractivity contribution in [1.29, 1.82) is 0 Å². The molecule has 0 aromatic carbocycles. The Hall–Kier alpha value is -2.24. The van der Waals surface area contributed by atoms with E-state index in [1.54, 1.807) is 0 Å². The Kier molecular flexibility index (Phi) is 2.17. The van der Waals surface area contributed by atoms with Gasteiger partial charge in [-0.2, -0.15) is 0 Å². The number of hydrogen-bond acceptors (Lipinski definition) is 3. The minimum absolute atomic E-state index is 0.0765. The second-order valence-corrected chi connectivity index (χ2v) is 2.78. The molecule has 2 heterocycles. The van der Waals surface area contributed by atoms with Gasteiger partial charge in [-0.3, -0.25) is 4.57 Å². The van der Waals surface area contributed by atoms with Crippen molar-refractivity contribution in [3.05, 3.63) is 42.4 Å². The highest BCUT2D eigenvalue weighted by Gasteiger charge is 2.11. The van der Waals surface area contributed by atoms with Gasteiger partial charge in [0, 0.05) is 12.4 Å². The number of carboxylic acids is 1. The first-order valence-corrected chi connectivity index (χ1v) is 4.06. The smallest absolute Gasteiger partial charge is 0.354 e. The molecule has 0 aliphatic carbocycles. The highest BCUT2D eigenvalue weighted by atomic mass is 19.1. The fourth-order valence-electron chi connectivity index (χ4n) is 1.12. The molecular weight excluding hydrogens is 201 g/mol. The average Bonchev–Trinajstić information content (AvgIpc) is 2.71. The SMILES string of the molecule is O=C(O)c1ccc(F)c(-n2ccnc2)n1. The van der Waals surface area contributed by atoms with Gasteiger partial charge in [0.1, 0.15) is 6.33 Å². The molecular formula is C9H6FN3O2. The minimum atomic E-state index is -1.20. The highest BCUT2D eigenvalue weighted by Crippen LogP contribution is 2.10. The first-order valence-electron chi connectivity index (χ1n) is 4.06. The third kappa shape index (κ3) is 1.69. The zero-order valence-electron chi connectivity index (χ0n) is 7.46. The van der Waals surface area contributed by atoms with E-state index in [4.69, 9.17) is 5.11 Å². The predicted molar refractivity (Wildman–Crippen MR) is 48.3 cm³/mol. The maximum absolute atomic E-state index is 13.3. The van der Waals surface area contributed by atoms with E-state index in [1.807, 2.05) is 0 Å². The molecule has 1 N–H and O–H groups in total. The van der Waals surface area contributed by atoms with E-state index in [9.17, 15) is 9.18 Å². The van der Waals surface area contributed by atoms with Crippen molar-refractivity contribution >= 4 is 5.97 Å². The molecule has 0 bridgehead atoms. The summed E-state index contributed by atoms with van der Waals surface area (Å²) in [6.45, 7) is 0. The van der Waals surface area contributed by atoms with E-state index < -0.39 is 11.8 Å². The van der Waals surface area contributed by atoms with Crippen LogP contribution in [-0.2, 0) is 0 Å². The summed E-state index contributed by atoms with van der Waals surface area (Å²) < 4.78 is 14.6. The number of aromatic nitrogens is 3. The Labute approximate surface area is 83.8 Å². The Balaban J connectivity index is 2.55. The molecule has 0 aliphatic heterocycles. The van der Waals surface area contributed by atoms with Crippen molar-refractivity contribution in [2.24, 2.45) is 0 Å². The van der Waals surface area contributed by atoms with E-state index in [2.05, 4.69) is 9.97 Å². The lowest BCUT2D eigenvalue weighted by molar-refractivity contribution is 0.0690. The maximum atomic E-state index is 13.3. The predicted octanol–water partition coefficient (Wildman–Crippen LogP) is 1.10. The fraction of sp³-hybridized carbons (Fsp3) is 0. The number of halogens is 1. The van der Waals surface area contributed by atoms with Gasteiger partial charge in [-0.05, 0) is 12.1 Å². The molecule has 2 rings (SSSR count). The van der Waals surface area contributed by atoms with Crippen LogP contribution in [-0.4, -0.2) is 25.6 Å². The van der Waals surface area contributed by atoms with Crippen LogP contribution in [0.25, 0.3) is 5.82 Å². The van der Waals surface area contributed by atoms with E-state index in [0.717, 1.165) is 12.1 Å². The summed E-state index contributed by atoms with van der Waals surface area (Å²) in [6, 6.07) is 2.17. The maximum Gasteiger partial charge on any atom is 0.354 e. The lowest BCUT2D eigenvalue weighted by Crippen LogP contribution is -2.06. The molecule has 0 saturated carbocycles. The summed E-state index contributed by atoms with van der Waals surface area (Å²) in [5, 5.41) is 8.69. The molecule has 0 atom stereocenters. The summed E-state index contributed by atoms with van der Waals surface area (Å²) in [4.78, 5) is 18.0. The van der Waals surface area contributed by atoms with E-state index in [0.29, 0.717) is 0 Å². The summed E-state index contributed by atoms with van der Waals surface area (Å²) >= 11 is 0. The molecule has 2 aromatic rings. The van der Waals surface area contributed by atoms with Gasteiger partial charge in [0.15, 0.2) is 17.3 Å². The molecule has 0 aliphatic rings. The van der Waals surface area contributed by atoms with Gasteiger partial charge in [0.2, 0.25) is 0 Å². The van der Waals surface area contributed by atoms with Gasteiger partial charge in [0.05, 0.1) is 0 Å². The summed E-state index contributed by atoms with van der Waals surface area (Å²) in [5.41, 5.74) is -0.208. The van der Waals surface area contributed by atoms with Crippen LogP contribution in [0.2, 0.25) is 0 Å². The van der Waals surface area contributed by atoms with Crippen molar-refractivity contribution < 1.29 is 14.3 Å². The van der Waals surface area contributed by atoms with Crippen LogP contribution in [0.15, 0.2) is 30.9 Å². The molecule has 76 valence electrons. The van der Waals surface area contributed by atoms with Crippen LogP contribution in [0.1, 0.15) is 10.5 Å². The fourth-order valence-corrected chi connectivity index (χ4v) is 1.12. The number of aromatic carboxylic acids is 1. The second-order valence-electron chi connectivity index (χ2n) is 2.78. The van der Waals surface area contributed by atoms with E-state index in [1.165, 1.54) is 23.3 Å². The monoisotopic (exact) mass is 207 g/mol. The number of rotatable bonds is 2. The second kappa shape index (κ2) is 3.49. The Morgan fingerprint density at radius 3 is 2.87 bits per heavy atom. The third-order valence-electron chi connectivity index (χ3n) is 1.80. The molecule has 0 fully saturated rings. The summed E-state index contributed by atoms with van der Waals surface area (Å²) in [5.74, 6) is -1.87. The average molecular weight is 207 g/mol. The highest BCUT2D eigenvalue weighted by molar-refractivity contribution is 5.85. The zero-order valence-corrected chi connectivity index (χ0v) is 7.46. The molecule has 0 saturated heterocycles. The van der Waals surface area contributed by atoms with Crippen LogP contribution in [0.5, 0.6) is 0 Å². The third-order valence-corrected chi connectivity index (χ3v) is 1.80. The van der Waals surface area contributed by atoms with Crippen molar-refractivity contribution in [2.75, 3.05) is 0 Å². The number of carboxylic acid groups (broad SMARTS) is 1. The molecule has 0 unspecified atom stereocenters. The normalized spacial score (nSPS) is 10.2. The quantitative estimate of drug-likeness (QED) is 0.800. The van der Waals surface area contributed by atoms with Crippen molar-refractivity contribution in [3.8, 4) is 5.82 Å². The lowest BCUT2D eigenvalue weighted by atomic mass is 10.3. The van der Waals surface area contributed by atoms with Gasteiger partial charge in [-0.25, -0.2) is 19.2 Å². The number of imidazole rings is 1. The van der Waals surface area contributed by atoms with Crippen molar-refractivity contribution in [3.63, 3.8) is 0 Å². The van der Waals surface area contributed by atoms with Gasteiger partial charge in [0.25, 0.3) is 0 Å². The number of carbonyl (C=O) groups is 1. The van der Waals surface area contributed by atoms with Crippen LogP contribution in [0, 0.1) is 5.82 Å². The van der Waals surface area contributed by atoms with Crippen molar-refractivity contribution in [2.45, 2.75) is 0 Å². The molecule has 6 heteroatoms. The molecule has 0 radical (unpaired) electrons. The van der Waals surface area contributed by atoms with Crippen LogP contribution < -0.4 is 0 Å². The van der Waals surface area contributed by atoms with Gasteiger partial charge < -0.3 is 5.11 Å². The topological polar surface area (TPSA) is 68.0 Å². The van der Waals surface area contributed by atoms with E-state index >= 15 is 0 Å². The molecule has 2 aromatic heterocycles. The minimum Gasteiger partial charge on any atom is -0.477 e. The first kappa shape index (κ1) is 9.32. The standard InChI is InChI=1S/C9H6FN3O2/c10-6-1-2-7(9(14)15)12-8(6)13-4-3-11-5-13/h1-5H,(H,14,15). The van der Waals surface area contributed by atoms with Gasteiger partial charge >= 0.3 is 5.97 Å². The van der Waals surface area contributed by atoms with Gasteiger partial charge in [-0.15, -0.1) is 0 Å². The van der Waals surface area contributed by atoms with Crippen LogP contribution >= 0.6 is 0 Å². The number of hydrogen-bond donors (Lipinski definition) is 1. The summed E-state index contributed by atoms with van der Waals surface area (Å²) in [6.07, 6.45) is 4.28. The number of pyridine rings is 1. The van der Waals surface area contributed by atoms with E-state index in [-0.39, 0.29) is 11.5 Å². The largest absolute Gasteiger partial charge is 0.477 e. The molecule has 0 amide bonds. The molecule has 5 nitrogen and oxygen atoms in total. The Morgan fingerprint density at radius 1 is 1.47 bits per heavy atom. The molecule has 15 heavy (non-hydrogen) atoms. The Morgan fingerprint density at radius 2 is 2.27 bits per heavy atom.